The molecule has 0 saturated heterocycles. The fourth-order valence-electron chi connectivity index (χ4n) is 3.07. The number of nitrogens with zero attached hydrogens (tertiary/aromatic N) is 2. The summed E-state index contributed by atoms with van der Waals surface area (Å²) >= 11 is 0. The van der Waals surface area contributed by atoms with Crippen LogP contribution in [0.3, 0.4) is 0 Å². The van der Waals surface area contributed by atoms with E-state index in [4.69, 9.17) is 5.14 Å². The summed E-state index contributed by atoms with van der Waals surface area (Å²) in [5.74, 6) is 0. The number of nitrogens with two attached hydrogens (primary N) is 1. The van der Waals surface area contributed by atoms with Crippen molar-refractivity contribution in [2.45, 2.75) is 18.7 Å². The first-order valence-corrected chi connectivity index (χ1v) is 9.85. The van der Waals surface area contributed by atoms with Gasteiger partial charge in [0.25, 0.3) is 0 Å². The van der Waals surface area contributed by atoms with E-state index in [2.05, 4.69) is 6.07 Å². The first kappa shape index (κ1) is 18.6. The van der Waals surface area contributed by atoms with Gasteiger partial charge in [0.05, 0.1) is 16.5 Å². The standard InChI is InChI=1S/C21H19N3O2S/c1-15-12-18(13-19(14-22)17-6-4-3-5-7-17)16(2)24(15)20-8-10-21(11-9-20)27(23,25)26/h3-13H,1-2H3,(H2,23,25,26)/b19-13+. The van der Waals surface area contributed by atoms with Gasteiger partial charge in [-0.25, -0.2) is 13.6 Å². The summed E-state index contributed by atoms with van der Waals surface area (Å²) in [5.41, 5.74) is 5.15. The van der Waals surface area contributed by atoms with Crippen molar-refractivity contribution < 1.29 is 8.42 Å². The minimum absolute atomic E-state index is 0.0738. The Kier molecular flexibility index (Phi) is 5.00. The lowest BCUT2D eigenvalue weighted by molar-refractivity contribution is 0.598. The Labute approximate surface area is 159 Å². The molecular weight excluding hydrogens is 358 g/mol. The molecule has 0 bridgehead atoms. The zero-order valence-electron chi connectivity index (χ0n) is 15.0. The average Bonchev–Trinajstić information content (AvgIpc) is 2.93. The molecule has 27 heavy (non-hydrogen) atoms. The molecule has 0 saturated carbocycles. The van der Waals surface area contributed by atoms with Crippen LogP contribution in [0.4, 0.5) is 0 Å². The van der Waals surface area contributed by atoms with E-state index in [9.17, 15) is 13.7 Å². The van der Waals surface area contributed by atoms with Crippen molar-refractivity contribution >= 4 is 21.7 Å². The number of sulfonamides is 1. The minimum Gasteiger partial charge on any atom is -0.318 e. The van der Waals surface area contributed by atoms with Crippen LogP contribution in [0, 0.1) is 25.2 Å². The van der Waals surface area contributed by atoms with Gasteiger partial charge in [0.2, 0.25) is 10.0 Å². The molecule has 0 aliphatic rings. The van der Waals surface area contributed by atoms with Crippen LogP contribution in [0.1, 0.15) is 22.5 Å². The zero-order chi connectivity index (χ0) is 19.6. The van der Waals surface area contributed by atoms with Crippen LogP contribution in [0.25, 0.3) is 17.3 Å². The molecule has 0 radical (unpaired) electrons. The maximum atomic E-state index is 11.4. The van der Waals surface area contributed by atoms with Gasteiger partial charge in [-0.1, -0.05) is 30.3 Å². The first-order valence-electron chi connectivity index (χ1n) is 8.30. The van der Waals surface area contributed by atoms with Crippen LogP contribution in [-0.4, -0.2) is 13.0 Å². The van der Waals surface area contributed by atoms with Crippen molar-refractivity contribution in [3.8, 4) is 11.8 Å². The first-order chi connectivity index (χ1) is 12.8. The topological polar surface area (TPSA) is 88.9 Å². The van der Waals surface area contributed by atoms with Crippen molar-refractivity contribution in [1.29, 1.82) is 5.26 Å². The van der Waals surface area contributed by atoms with Gasteiger partial charge >= 0.3 is 0 Å². The van der Waals surface area contributed by atoms with Gasteiger partial charge in [-0.3, -0.25) is 0 Å². The highest BCUT2D eigenvalue weighted by Crippen LogP contribution is 2.25. The Morgan fingerprint density at radius 1 is 1.07 bits per heavy atom. The van der Waals surface area contributed by atoms with Crippen LogP contribution < -0.4 is 5.14 Å². The molecule has 0 atom stereocenters. The van der Waals surface area contributed by atoms with E-state index in [1.807, 2.05) is 60.9 Å². The van der Waals surface area contributed by atoms with Gasteiger partial charge in [0, 0.05) is 17.1 Å². The molecule has 3 aromatic rings. The molecule has 5 nitrogen and oxygen atoms in total. The highest BCUT2D eigenvalue weighted by molar-refractivity contribution is 7.89. The SMILES string of the molecule is Cc1cc(/C=C(\C#N)c2ccccc2)c(C)n1-c1ccc(S(N)(=O)=O)cc1. The lowest BCUT2D eigenvalue weighted by atomic mass is 10.0. The number of allylic oxidation sites excluding steroid dienone is 1. The van der Waals surface area contributed by atoms with Crippen LogP contribution in [0.15, 0.2) is 65.6 Å². The Balaban J connectivity index is 2.05. The third-order valence-corrected chi connectivity index (χ3v) is 5.33. The minimum atomic E-state index is -3.72. The van der Waals surface area contributed by atoms with E-state index < -0.39 is 10.0 Å². The van der Waals surface area contributed by atoms with Crippen LogP contribution in [0.5, 0.6) is 0 Å². The van der Waals surface area contributed by atoms with E-state index in [0.29, 0.717) is 5.57 Å². The van der Waals surface area contributed by atoms with E-state index in [1.54, 1.807) is 12.1 Å². The predicted octanol–water partition coefficient (Wildman–Crippen LogP) is 3.81. The number of primary sulfonamides is 1. The molecule has 1 aromatic heterocycles. The Morgan fingerprint density at radius 2 is 1.70 bits per heavy atom. The highest BCUT2D eigenvalue weighted by atomic mass is 32.2. The van der Waals surface area contributed by atoms with Crippen LogP contribution in [-0.2, 0) is 10.0 Å². The van der Waals surface area contributed by atoms with E-state index in [-0.39, 0.29) is 4.90 Å². The predicted molar refractivity (Wildman–Crippen MR) is 107 cm³/mol. The van der Waals surface area contributed by atoms with E-state index >= 15 is 0 Å². The largest absolute Gasteiger partial charge is 0.318 e. The lowest BCUT2D eigenvalue weighted by Gasteiger charge is -2.10. The van der Waals surface area contributed by atoms with Gasteiger partial charge in [0.15, 0.2) is 0 Å². The molecule has 3 rings (SSSR count). The summed E-state index contributed by atoms with van der Waals surface area (Å²) in [4.78, 5) is 0.0738. The van der Waals surface area contributed by atoms with Crippen LogP contribution in [0.2, 0.25) is 0 Å². The summed E-state index contributed by atoms with van der Waals surface area (Å²) in [6.07, 6.45) is 1.87. The molecule has 0 spiro atoms. The Hall–Kier alpha value is -3.14. The second-order valence-electron chi connectivity index (χ2n) is 6.24. The molecule has 2 N–H and O–H groups in total. The zero-order valence-corrected chi connectivity index (χ0v) is 15.9. The third-order valence-electron chi connectivity index (χ3n) is 4.40. The molecule has 0 aliphatic heterocycles. The van der Waals surface area contributed by atoms with Crippen molar-refractivity contribution in [2.24, 2.45) is 5.14 Å². The molecule has 1 heterocycles. The molecule has 2 aromatic carbocycles. The van der Waals surface area contributed by atoms with Gasteiger partial charge in [-0.2, -0.15) is 5.26 Å². The van der Waals surface area contributed by atoms with E-state index in [0.717, 1.165) is 28.2 Å². The number of nitriles is 1. The fourth-order valence-corrected chi connectivity index (χ4v) is 3.58. The molecule has 0 unspecified atom stereocenters. The number of hydrogen-bond donors (Lipinski definition) is 1. The number of hydrogen-bond acceptors (Lipinski definition) is 3. The molecule has 6 heteroatoms. The van der Waals surface area contributed by atoms with Gasteiger partial charge in [-0.15, -0.1) is 0 Å². The number of rotatable bonds is 4. The fraction of sp³-hybridized carbons (Fsp3) is 0.0952. The molecule has 0 aliphatic carbocycles. The average molecular weight is 377 g/mol. The Bertz CT molecular complexity index is 1150. The quantitative estimate of drug-likeness (QED) is 0.701. The molecule has 0 fully saturated rings. The number of benzene rings is 2. The number of aryl methyl sites for hydroxylation is 1. The number of aromatic nitrogens is 1. The summed E-state index contributed by atoms with van der Waals surface area (Å²) in [5, 5.41) is 14.7. The highest BCUT2D eigenvalue weighted by Gasteiger charge is 2.12. The van der Waals surface area contributed by atoms with Crippen molar-refractivity contribution in [2.75, 3.05) is 0 Å². The summed E-state index contributed by atoms with van der Waals surface area (Å²) in [6.45, 7) is 3.93. The maximum Gasteiger partial charge on any atom is 0.238 e. The third kappa shape index (κ3) is 3.85. The van der Waals surface area contributed by atoms with Crippen molar-refractivity contribution in [1.82, 2.24) is 4.57 Å². The van der Waals surface area contributed by atoms with Crippen molar-refractivity contribution in [3.63, 3.8) is 0 Å². The summed E-state index contributed by atoms with van der Waals surface area (Å²) in [7, 11) is -3.72. The molecule has 0 amide bonds. The van der Waals surface area contributed by atoms with Gasteiger partial charge in [-0.05, 0) is 61.4 Å². The normalized spacial score (nSPS) is 12.0. The second-order valence-corrected chi connectivity index (χ2v) is 7.80. The smallest absolute Gasteiger partial charge is 0.238 e. The maximum absolute atomic E-state index is 11.4. The monoisotopic (exact) mass is 377 g/mol. The van der Waals surface area contributed by atoms with E-state index in [1.165, 1.54) is 12.1 Å². The lowest BCUT2D eigenvalue weighted by Crippen LogP contribution is -2.12. The van der Waals surface area contributed by atoms with Gasteiger partial charge in [0.1, 0.15) is 0 Å². The second kappa shape index (κ2) is 7.23. The summed E-state index contributed by atoms with van der Waals surface area (Å²) < 4.78 is 24.9. The molecular formula is C21H19N3O2S. The summed E-state index contributed by atoms with van der Waals surface area (Å²) in [6, 6.07) is 20.2. The van der Waals surface area contributed by atoms with Gasteiger partial charge < -0.3 is 4.57 Å². The van der Waals surface area contributed by atoms with Crippen molar-refractivity contribution in [3.05, 3.63) is 83.2 Å². The molecule has 136 valence electrons. The van der Waals surface area contributed by atoms with Crippen LogP contribution >= 0.6 is 0 Å². The Morgan fingerprint density at radius 3 is 2.26 bits per heavy atom.